The Morgan fingerprint density at radius 1 is 1.14 bits per heavy atom. The van der Waals surface area contributed by atoms with Crippen molar-refractivity contribution in [1.29, 1.82) is 0 Å². The zero-order valence-electron chi connectivity index (χ0n) is 8.64. The van der Waals surface area contributed by atoms with Gasteiger partial charge in [-0.15, -0.1) is 0 Å². The monoisotopic (exact) mass is 192 g/mol. The number of hydrogen-bond donors (Lipinski definition) is 0. The van der Waals surface area contributed by atoms with Crippen LogP contribution in [0.1, 0.15) is 45.4 Å². The van der Waals surface area contributed by atoms with Gasteiger partial charge in [0, 0.05) is 18.8 Å². The molecule has 0 radical (unpaired) electrons. The van der Waals surface area contributed by atoms with E-state index >= 15 is 0 Å². The molecule has 76 valence electrons. The van der Waals surface area contributed by atoms with Gasteiger partial charge in [-0.3, -0.25) is 9.59 Å². The first-order valence-corrected chi connectivity index (χ1v) is 5.60. The van der Waals surface area contributed by atoms with Crippen LogP contribution >= 0.6 is 0 Å². The Kier molecular flexibility index (Phi) is 1.41. The summed E-state index contributed by atoms with van der Waals surface area (Å²) in [6.45, 7) is 1.72. The summed E-state index contributed by atoms with van der Waals surface area (Å²) in [6.07, 6.45) is 5.85. The second-order valence-corrected chi connectivity index (χ2v) is 5.66. The zero-order chi connectivity index (χ0) is 9.97. The van der Waals surface area contributed by atoms with Crippen molar-refractivity contribution >= 4 is 11.6 Å². The molecular formula is C12H16O2. The summed E-state index contributed by atoms with van der Waals surface area (Å²) in [6, 6.07) is 0. The van der Waals surface area contributed by atoms with E-state index in [2.05, 4.69) is 0 Å². The van der Waals surface area contributed by atoms with Gasteiger partial charge in [0.15, 0.2) is 0 Å². The minimum atomic E-state index is 0.137. The number of carbonyl (C=O) groups is 2. The molecule has 3 fully saturated rings. The largest absolute Gasteiger partial charge is 0.300 e. The minimum Gasteiger partial charge on any atom is -0.300 e. The Labute approximate surface area is 84.1 Å². The van der Waals surface area contributed by atoms with Gasteiger partial charge in [-0.1, -0.05) is 0 Å². The Balaban J connectivity index is 1.98. The Morgan fingerprint density at radius 3 is 1.86 bits per heavy atom. The molecule has 0 atom stereocenters. The van der Waals surface area contributed by atoms with Crippen molar-refractivity contribution in [3.05, 3.63) is 0 Å². The summed E-state index contributed by atoms with van der Waals surface area (Å²) in [5.41, 5.74) is 0.273. The Morgan fingerprint density at radius 2 is 1.57 bits per heavy atom. The Hall–Kier alpha value is -0.660. The smallest absolute Gasteiger partial charge is 0.134 e. The molecule has 3 saturated carbocycles. The first-order valence-electron chi connectivity index (χ1n) is 5.60. The van der Waals surface area contributed by atoms with Crippen molar-refractivity contribution in [3.8, 4) is 0 Å². The van der Waals surface area contributed by atoms with Gasteiger partial charge in [0.05, 0.1) is 0 Å². The lowest BCUT2D eigenvalue weighted by atomic mass is 9.65. The van der Waals surface area contributed by atoms with Crippen molar-refractivity contribution in [2.45, 2.75) is 45.4 Å². The number of carbonyl (C=O) groups excluding carboxylic acids is 2. The molecule has 0 bridgehead atoms. The summed E-state index contributed by atoms with van der Waals surface area (Å²) in [5.74, 6) is 0.984. The molecule has 2 heteroatoms. The van der Waals surface area contributed by atoms with Gasteiger partial charge in [0.25, 0.3) is 0 Å². The highest BCUT2D eigenvalue weighted by Gasteiger charge is 2.67. The third-order valence-electron chi connectivity index (χ3n) is 4.51. The standard InChI is InChI=1S/C12H16O2/c1-8(13)10-11(2-3-11)6-9(14)7-12(10)4-5-12/h10H,2-7H2,1H3. The highest BCUT2D eigenvalue weighted by Crippen LogP contribution is 2.71. The van der Waals surface area contributed by atoms with E-state index in [1.807, 2.05) is 0 Å². The summed E-state index contributed by atoms with van der Waals surface area (Å²) < 4.78 is 0. The number of Topliss-reactive ketones (excluding diaryl/α,β-unsaturated/α-hetero) is 2. The molecule has 3 rings (SSSR count). The molecule has 0 heterocycles. The third-order valence-corrected chi connectivity index (χ3v) is 4.51. The van der Waals surface area contributed by atoms with E-state index in [0.717, 1.165) is 25.7 Å². The fourth-order valence-corrected chi connectivity index (χ4v) is 3.82. The van der Waals surface area contributed by atoms with Crippen LogP contribution in [-0.2, 0) is 9.59 Å². The van der Waals surface area contributed by atoms with Gasteiger partial charge < -0.3 is 0 Å². The average Bonchev–Trinajstić information content (AvgIpc) is 2.92. The van der Waals surface area contributed by atoms with Crippen LogP contribution in [0.5, 0.6) is 0 Å². The van der Waals surface area contributed by atoms with Gasteiger partial charge >= 0.3 is 0 Å². The lowest BCUT2D eigenvalue weighted by Gasteiger charge is -2.36. The molecule has 3 aliphatic carbocycles. The number of ketones is 2. The van der Waals surface area contributed by atoms with Crippen LogP contribution in [0.2, 0.25) is 0 Å². The number of hydrogen-bond acceptors (Lipinski definition) is 2. The van der Waals surface area contributed by atoms with E-state index < -0.39 is 0 Å². The summed E-state index contributed by atoms with van der Waals surface area (Å²) in [4.78, 5) is 23.3. The van der Waals surface area contributed by atoms with E-state index in [4.69, 9.17) is 0 Å². The van der Waals surface area contributed by atoms with Crippen LogP contribution in [0.25, 0.3) is 0 Å². The van der Waals surface area contributed by atoms with Crippen molar-refractivity contribution < 1.29 is 9.59 Å². The maximum Gasteiger partial charge on any atom is 0.134 e. The first kappa shape index (κ1) is 8.63. The molecule has 2 nitrogen and oxygen atoms in total. The van der Waals surface area contributed by atoms with Crippen LogP contribution in [0.15, 0.2) is 0 Å². The molecule has 0 aliphatic heterocycles. The second-order valence-electron chi connectivity index (χ2n) is 5.66. The van der Waals surface area contributed by atoms with E-state index in [1.54, 1.807) is 6.92 Å². The van der Waals surface area contributed by atoms with Crippen molar-refractivity contribution in [1.82, 2.24) is 0 Å². The van der Waals surface area contributed by atoms with E-state index in [-0.39, 0.29) is 16.7 Å². The molecule has 0 saturated heterocycles. The molecule has 0 aromatic carbocycles. The van der Waals surface area contributed by atoms with Gasteiger partial charge in [0.1, 0.15) is 11.6 Å². The van der Waals surface area contributed by atoms with E-state index in [0.29, 0.717) is 24.4 Å². The van der Waals surface area contributed by atoms with Gasteiger partial charge in [0.2, 0.25) is 0 Å². The zero-order valence-corrected chi connectivity index (χ0v) is 8.64. The van der Waals surface area contributed by atoms with E-state index in [1.165, 1.54) is 0 Å². The third kappa shape index (κ3) is 0.971. The average molecular weight is 192 g/mol. The second kappa shape index (κ2) is 2.29. The SMILES string of the molecule is CC(=O)C1C2(CC2)CC(=O)CC12CC2. The summed E-state index contributed by atoms with van der Waals surface area (Å²) >= 11 is 0. The summed E-state index contributed by atoms with van der Waals surface area (Å²) in [5, 5.41) is 0. The predicted octanol–water partition coefficient (Wildman–Crippen LogP) is 2.11. The van der Waals surface area contributed by atoms with Crippen LogP contribution < -0.4 is 0 Å². The quantitative estimate of drug-likeness (QED) is 0.637. The lowest BCUT2D eigenvalue weighted by molar-refractivity contribution is -0.134. The van der Waals surface area contributed by atoms with Crippen molar-refractivity contribution in [2.75, 3.05) is 0 Å². The minimum absolute atomic E-state index is 0.137. The highest BCUT2D eigenvalue weighted by molar-refractivity contribution is 5.89. The molecule has 14 heavy (non-hydrogen) atoms. The van der Waals surface area contributed by atoms with Crippen LogP contribution in [0, 0.1) is 16.7 Å². The first-order chi connectivity index (χ1) is 6.58. The Bertz CT molecular complexity index is 297. The normalized spacial score (nSPS) is 32.2. The predicted molar refractivity (Wildman–Crippen MR) is 51.7 cm³/mol. The molecule has 0 amide bonds. The van der Waals surface area contributed by atoms with Gasteiger partial charge in [-0.05, 0) is 43.4 Å². The van der Waals surface area contributed by atoms with Crippen molar-refractivity contribution in [3.63, 3.8) is 0 Å². The van der Waals surface area contributed by atoms with E-state index in [9.17, 15) is 9.59 Å². The maximum absolute atomic E-state index is 11.7. The number of rotatable bonds is 1. The molecule has 3 aliphatic rings. The van der Waals surface area contributed by atoms with Gasteiger partial charge in [-0.25, -0.2) is 0 Å². The molecule has 2 spiro atoms. The lowest BCUT2D eigenvalue weighted by Crippen LogP contribution is -2.39. The molecule has 0 aromatic rings. The van der Waals surface area contributed by atoms with Crippen LogP contribution in [-0.4, -0.2) is 11.6 Å². The van der Waals surface area contributed by atoms with Crippen molar-refractivity contribution in [2.24, 2.45) is 16.7 Å². The topological polar surface area (TPSA) is 34.1 Å². The molecular weight excluding hydrogens is 176 g/mol. The molecule has 0 aromatic heterocycles. The van der Waals surface area contributed by atoms with Crippen LogP contribution in [0.3, 0.4) is 0 Å². The summed E-state index contributed by atoms with van der Waals surface area (Å²) in [7, 11) is 0. The molecule has 0 unspecified atom stereocenters. The molecule has 0 N–H and O–H groups in total. The highest BCUT2D eigenvalue weighted by atomic mass is 16.1. The fraction of sp³-hybridized carbons (Fsp3) is 0.833. The van der Waals surface area contributed by atoms with Crippen LogP contribution in [0.4, 0.5) is 0 Å². The maximum atomic E-state index is 11.7. The van der Waals surface area contributed by atoms with Gasteiger partial charge in [-0.2, -0.15) is 0 Å². The fourth-order valence-electron chi connectivity index (χ4n) is 3.82.